The molecule has 1 saturated heterocycles. The highest BCUT2D eigenvalue weighted by atomic mass is 16.6. The Morgan fingerprint density at radius 2 is 1.82 bits per heavy atom. The van der Waals surface area contributed by atoms with Crippen LogP contribution in [0.25, 0.3) is 0 Å². The van der Waals surface area contributed by atoms with E-state index < -0.39 is 5.60 Å². The number of likely N-dealkylation sites (tertiary alicyclic amines) is 1. The Labute approximate surface area is 136 Å². The summed E-state index contributed by atoms with van der Waals surface area (Å²) in [5, 5.41) is 3.69. The fourth-order valence-electron chi connectivity index (χ4n) is 3.72. The molecule has 1 saturated carbocycles. The Bertz CT molecular complexity index is 359. The van der Waals surface area contributed by atoms with Crippen molar-refractivity contribution in [2.75, 3.05) is 13.1 Å². The van der Waals surface area contributed by atoms with E-state index in [9.17, 15) is 4.79 Å². The van der Waals surface area contributed by atoms with Gasteiger partial charge in [0.2, 0.25) is 0 Å². The van der Waals surface area contributed by atoms with E-state index in [1.807, 2.05) is 25.7 Å². The molecule has 4 nitrogen and oxygen atoms in total. The zero-order valence-electron chi connectivity index (χ0n) is 14.9. The van der Waals surface area contributed by atoms with Crippen LogP contribution in [-0.2, 0) is 4.74 Å². The molecule has 1 unspecified atom stereocenters. The van der Waals surface area contributed by atoms with Crippen molar-refractivity contribution in [1.82, 2.24) is 10.2 Å². The van der Waals surface area contributed by atoms with Gasteiger partial charge in [-0.2, -0.15) is 0 Å². The molecule has 0 aromatic heterocycles. The lowest BCUT2D eigenvalue weighted by molar-refractivity contribution is 0.00952. The van der Waals surface area contributed by atoms with E-state index in [1.165, 1.54) is 32.1 Å². The summed E-state index contributed by atoms with van der Waals surface area (Å²) in [5.41, 5.74) is -0.413. The summed E-state index contributed by atoms with van der Waals surface area (Å²) in [6, 6.07) is 0.845. The van der Waals surface area contributed by atoms with Gasteiger partial charge in [-0.3, -0.25) is 0 Å². The first kappa shape index (κ1) is 17.6. The van der Waals surface area contributed by atoms with Gasteiger partial charge in [0.25, 0.3) is 0 Å². The Kier molecular flexibility index (Phi) is 6.13. The van der Waals surface area contributed by atoms with E-state index >= 15 is 0 Å². The van der Waals surface area contributed by atoms with Crippen molar-refractivity contribution in [3.05, 3.63) is 0 Å². The van der Waals surface area contributed by atoms with Crippen molar-refractivity contribution < 1.29 is 9.53 Å². The normalized spacial score (nSPS) is 25.3. The topological polar surface area (TPSA) is 41.6 Å². The van der Waals surface area contributed by atoms with Crippen molar-refractivity contribution in [2.45, 2.75) is 90.3 Å². The number of carbonyl (C=O) groups excluding carboxylic acids is 1. The van der Waals surface area contributed by atoms with Gasteiger partial charge in [-0.05, 0) is 65.7 Å². The summed E-state index contributed by atoms with van der Waals surface area (Å²) in [7, 11) is 0. The van der Waals surface area contributed by atoms with E-state index in [1.54, 1.807) is 0 Å². The monoisotopic (exact) mass is 310 g/mol. The third-order valence-corrected chi connectivity index (χ3v) is 5.04. The van der Waals surface area contributed by atoms with Crippen LogP contribution in [0.3, 0.4) is 0 Å². The first-order chi connectivity index (χ1) is 10.4. The predicted octanol–water partition coefficient (Wildman–Crippen LogP) is 3.94. The molecule has 2 rings (SSSR count). The van der Waals surface area contributed by atoms with Crippen LogP contribution in [0.5, 0.6) is 0 Å². The molecule has 0 radical (unpaired) electrons. The van der Waals surface area contributed by atoms with E-state index in [0.29, 0.717) is 6.04 Å². The number of amides is 1. The van der Waals surface area contributed by atoms with Crippen LogP contribution in [0.1, 0.15) is 72.6 Å². The fraction of sp³-hybridized carbons (Fsp3) is 0.944. The first-order valence-electron chi connectivity index (χ1n) is 9.10. The minimum Gasteiger partial charge on any atom is -0.444 e. The Morgan fingerprint density at radius 3 is 2.45 bits per heavy atom. The highest BCUT2D eigenvalue weighted by molar-refractivity contribution is 5.68. The van der Waals surface area contributed by atoms with Crippen LogP contribution in [-0.4, -0.2) is 41.8 Å². The third-order valence-electron chi connectivity index (χ3n) is 5.04. The molecule has 0 aromatic carbocycles. The van der Waals surface area contributed by atoms with Gasteiger partial charge in [0.15, 0.2) is 0 Å². The zero-order valence-corrected chi connectivity index (χ0v) is 14.9. The lowest BCUT2D eigenvalue weighted by atomic mass is 9.98. The molecular weight excluding hydrogens is 276 g/mol. The molecule has 1 aliphatic heterocycles. The summed E-state index contributed by atoms with van der Waals surface area (Å²) in [4.78, 5) is 14.3. The van der Waals surface area contributed by atoms with Crippen LogP contribution in [0.4, 0.5) is 4.79 Å². The molecule has 22 heavy (non-hydrogen) atoms. The molecule has 0 aromatic rings. The van der Waals surface area contributed by atoms with Gasteiger partial charge in [-0.25, -0.2) is 4.79 Å². The minimum atomic E-state index is -0.413. The number of hydrogen-bond donors (Lipinski definition) is 1. The second-order valence-electron chi connectivity index (χ2n) is 8.06. The molecule has 2 aliphatic rings. The van der Waals surface area contributed by atoms with Gasteiger partial charge in [-0.15, -0.1) is 0 Å². The average Bonchev–Trinajstić information content (AvgIpc) is 2.97. The average molecular weight is 310 g/mol. The highest BCUT2D eigenvalue weighted by Crippen LogP contribution is 2.28. The van der Waals surface area contributed by atoms with Gasteiger partial charge in [-0.1, -0.05) is 12.8 Å². The molecule has 0 spiro atoms. The fourth-order valence-corrected chi connectivity index (χ4v) is 3.72. The van der Waals surface area contributed by atoms with Crippen LogP contribution >= 0.6 is 0 Å². The lowest BCUT2D eigenvalue weighted by Gasteiger charge is -2.37. The van der Waals surface area contributed by atoms with Gasteiger partial charge >= 0.3 is 6.09 Å². The highest BCUT2D eigenvalue weighted by Gasteiger charge is 2.31. The quantitative estimate of drug-likeness (QED) is 0.855. The molecule has 1 N–H and O–H groups in total. The number of ether oxygens (including phenoxy) is 1. The molecule has 2 fully saturated rings. The lowest BCUT2D eigenvalue weighted by Crippen LogP contribution is -2.51. The molecular formula is C18H34N2O2. The molecule has 4 heteroatoms. The van der Waals surface area contributed by atoms with Crippen molar-refractivity contribution in [3.8, 4) is 0 Å². The number of nitrogens with one attached hydrogen (secondary N) is 1. The minimum absolute atomic E-state index is 0.146. The molecule has 0 bridgehead atoms. The molecule has 2 atom stereocenters. The third kappa shape index (κ3) is 5.15. The first-order valence-corrected chi connectivity index (χ1v) is 9.10. The van der Waals surface area contributed by atoms with Crippen LogP contribution < -0.4 is 5.32 Å². The number of hydrogen-bond acceptors (Lipinski definition) is 3. The summed E-state index contributed by atoms with van der Waals surface area (Å²) in [5.74, 6) is 0.818. The molecule has 1 amide bonds. The van der Waals surface area contributed by atoms with Crippen LogP contribution in [0, 0.1) is 5.92 Å². The number of nitrogens with zero attached hydrogens (tertiary/aromatic N) is 1. The standard InChI is InChI=1S/C18H34N2O2/c1-14(15-9-5-6-10-15)19-13-16-11-7-8-12-20(16)17(21)22-18(2,3)4/h14-16,19H,5-13H2,1-4H3/t14-,16?/m1/s1. The Hall–Kier alpha value is -0.770. The molecule has 1 heterocycles. The van der Waals surface area contributed by atoms with E-state index in [-0.39, 0.29) is 12.1 Å². The number of rotatable bonds is 4. The van der Waals surface area contributed by atoms with Crippen molar-refractivity contribution >= 4 is 6.09 Å². The van der Waals surface area contributed by atoms with Crippen molar-refractivity contribution in [2.24, 2.45) is 5.92 Å². The van der Waals surface area contributed by atoms with Crippen molar-refractivity contribution in [3.63, 3.8) is 0 Å². The summed E-state index contributed by atoms with van der Waals surface area (Å²) >= 11 is 0. The predicted molar refractivity (Wildman–Crippen MR) is 90.0 cm³/mol. The van der Waals surface area contributed by atoms with E-state index in [0.717, 1.165) is 31.8 Å². The summed E-state index contributed by atoms with van der Waals surface area (Å²) < 4.78 is 5.57. The number of piperidine rings is 1. The maximum Gasteiger partial charge on any atom is 0.410 e. The van der Waals surface area contributed by atoms with Gasteiger partial charge in [0.05, 0.1) is 0 Å². The Balaban J connectivity index is 1.85. The van der Waals surface area contributed by atoms with Gasteiger partial charge in [0, 0.05) is 25.2 Å². The largest absolute Gasteiger partial charge is 0.444 e. The zero-order chi connectivity index (χ0) is 16.2. The SMILES string of the molecule is C[C@@H](NCC1CCCCN1C(=O)OC(C)(C)C)C1CCCC1. The molecule has 1 aliphatic carbocycles. The van der Waals surface area contributed by atoms with E-state index in [2.05, 4.69) is 12.2 Å². The Morgan fingerprint density at radius 1 is 1.18 bits per heavy atom. The van der Waals surface area contributed by atoms with E-state index in [4.69, 9.17) is 4.74 Å². The smallest absolute Gasteiger partial charge is 0.410 e. The summed E-state index contributed by atoms with van der Waals surface area (Å²) in [6.45, 7) is 9.84. The molecule has 128 valence electrons. The maximum absolute atomic E-state index is 12.4. The van der Waals surface area contributed by atoms with Crippen LogP contribution in [0.15, 0.2) is 0 Å². The van der Waals surface area contributed by atoms with Crippen LogP contribution in [0.2, 0.25) is 0 Å². The van der Waals surface area contributed by atoms with Crippen molar-refractivity contribution in [1.29, 1.82) is 0 Å². The van der Waals surface area contributed by atoms with Gasteiger partial charge in [0.1, 0.15) is 5.60 Å². The second-order valence-corrected chi connectivity index (χ2v) is 8.06. The summed E-state index contributed by atoms with van der Waals surface area (Å²) in [6.07, 6.45) is 8.71. The second kappa shape index (κ2) is 7.67. The number of carbonyl (C=O) groups is 1. The maximum atomic E-state index is 12.4. The van der Waals surface area contributed by atoms with Gasteiger partial charge < -0.3 is 15.0 Å².